The molecule has 0 aliphatic rings. The molecule has 0 saturated carbocycles. The second-order valence-electron chi connectivity index (χ2n) is 3.11. The van der Waals surface area contributed by atoms with Gasteiger partial charge in [0.1, 0.15) is 0 Å². The summed E-state index contributed by atoms with van der Waals surface area (Å²) in [6.07, 6.45) is 2.58. The van der Waals surface area contributed by atoms with Gasteiger partial charge in [-0.05, 0) is 25.4 Å². The first-order valence-electron chi connectivity index (χ1n) is 4.09. The lowest BCUT2D eigenvalue weighted by Crippen LogP contribution is -2.13. The van der Waals surface area contributed by atoms with Crippen molar-refractivity contribution in [3.05, 3.63) is 0 Å². The Morgan fingerprint density at radius 1 is 1.40 bits per heavy atom. The van der Waals surface area contributed by atoms with Crippen molar-refractivity contribution in [1.82, 2.24) is 0 Å². The van der Waals surface area contributed by atoms with Crippen molar-refractivity contribution in [2.45, 2.75) is 39.8 Å². The molecule has 0 rings (SSSR count). The molecule has 10 heavy (non-hydrogen) atoms. The van der Waals surface area contributed by atoms with Crippen LogP contribution in [0, 0.1) is 5.92 Å². The third-order valence-corrected chi connectivity index (χ3v) is 2.18. The molecule has 0 heterocycles. The fourth-order valence-corrected chi connectivity index (χ4v) is 1.50. The van der Waals surface area contributed by atoms with Crippen LogP contribution in [0.15, 0.2) is 0 Å². The maximum absolute atomic E-state index is 5.56. The highest BCUT2D eigenvalue weighted by Crippen LogP contribution is 2.05. The Labute approximate surface area is 66.5 Å². The molecule has 0 bridgehead atoms. The van der Waals surface area contributed by atoms with Crippen molar-refractivity contribution in [3.63, 3.8) is 0 Å². The lowest BCUT2D eigenvalue weighted by Gasteiger charge is -2.11. The van der Waals surface area contributed by atoms with Crippen LogP contribution in [0.25, 0.3) is 0 Å². The van der Waals surface area contributed by atoms with Gasteiger partial charge in [-0.2, -0.15) is 0 Å². The van der Waals surface area contributed by atoms with E-state index >= 15 is 0 Å². The second-order valence-corrected chi connectivity index (χ2v) is 5.22. The van der Waals surface area contributed by atoms with Crippen LogP contribution in [0.5, 0.6) is 0 Å². The molecule has 1 atom stereocenters. The second kappa shape index (κ2) is 5.92. The van der Waals surface area contributed by atoms with Crippen molar-refractivity contribution in [3.8, 4) is 0 Å². The topological polar surface area (TPSA) is 9.23 Å². The maximum Gasteiger partial charge on any atom is 0.204 e. The van der Waals surface area contributed by atoms with Gasteiger partial charge in [-0.3, -0.25) is 0 Å². The summed E-state index contributed by atoms with van der Waals surface area (Å²) in [6.45, 7) is 9.82. The fourth-order valence-electron chi connectivity index (χ4n) is 0.885. The molecule has 0 aliphatic carbocycles. The van der Waals surface area contributed by atoms with Gasteiger partial charge in [0.05, 0.1) is 0 Å². The third-order valence-electron chi connectivity index (χ3n) is 1.44. The summed E-state index contributed by atoms with van der Waals surface area (Å²) in [6, 6.07) is 0. The molecule has 0 N–H and O–H groups in total. The Balaban J connectivity index is 3.12. The first-order chi connectivity index (χ1) is 4.66. The highest BCUT2D eigenvalue weighted by atomic mass is 28.3. The van der Waals surface area contributed by atoms with Gasteiger partial charge in [0.2, 0.25) is 9.04 Å². The van der Waals surface area contributed by atoms with Crippen LogP contribution in [-0.4, -0.2) is 15.6 Å². The molecule has 0 aliphatic heterocycles. The van der Waals surface area contributed by atoms with E-state index < -0.39 is 9.04 Å². The highest BCUT2D eigenvalue weighted by Gasteiger charge is 2.02. The minimum atomic E-state index is -0.448. The molecule has 0 aromatic carbocycles. The molecule has 2 heteroatoms. The zero-order valence-electron chi connectivity index (χ0n) is 7.61. The summed E-state index contributed by atoms with van der Waals surface area (Å²) in [7, 11) is -0.448. The monoisotopic (exact) mass is 159 g/mol. The summed E-state index contributed by atoms with van der Waals surface area (Å²) in [5.74, 6) is 0.755. The highest BCUT2D eigenvalue weighted by molar-refractivity contribution is 6.48. The average Bonchev–Trinajstić information content (AvgIpc) is 1.85. The van der Waals surface area contributed by atoms with E-state index in [4.69, 9.17) is 4.43 Å². The number of hydrogen-bond donors (Lipinski definition) is 0. The van der Waals surface area contributed by atoms with Crippen LogP contribution in [0.1, 0.15) is 26.7 Å². The molecule has 0 spiro atoms. The number of rotatable bonds is 5. The smallest absolute Gasteiger partial charge is 0.204 e. The Bertz CT molecular complexity index is 73.7. The first kappa shape index (κ1) is 10.2. The van der Waals surface area contributed by atoms with E-state index in [0.717, 1.165) is 12.5 Å². The van der Waals surface area contributed by atoms with E-state index in [2.05, 4.69) is 26.9 Å². The van der Waals surface area contributed by atoms with Crippen LogP contribution in [0.2, 0.25) is 13.1 Å². The van der Waals surface area contributed by atoms with Crippen LogP contribution in [0.3, 0.4) is 0 Å². The standard InChI is InChI=1S/C8H19OSi/c1-5-6-8(2)7-9-10(3)4/h8H,5-7H2,1-4H3. The molecule has 61 valence electrons. The van der Waals surface area contributed by atoms with E-state index in [9.17, 15) is 0 Å². The summed E-state index contributed by atoms with van der Waals surface area (Å²) < 4.78 is 5.56. The average molecular weight is 159 g/mol. The Morgan fingerprint density at radius 3 is 2.40 bits per heavy atom. The van der Waals surface area contributed by atoms with Crippen molar-refractivity contribution in [2.75, 3.05) is 6.61 Å². The van der Waals surface area contributed by atoms with Crippen molar-refractivity contribution >= 4 is 9.04 Å². The van der Waals surface area contributed by atoms with Gasteiger partial charge in [-0.1, -0.05) is 20.3 Å². The zero-order valence-corrected chi connectivity index (χ0v) is 8.61. The third kappa shape index (κ3) is 6.30. The summed E-state index contributed by atoms with van der Waals surface area (Å²) in [4.78, 5) is 0. The molecule has 1 nitrogen and oxygen atoms in total. The van der Waals surface area contributed by atoms with Crippen LogP contribution in [-0.2, 0) is 4.43 Å². The molecule has 0 aromatic rings. The van der Waals surface area contributed by atoms with Gasteiger partial charge in [-0.25, -0.2) is 0 Å². The van der Waals surface area contributed by atoms with Crippen molar-refractivity contribution in [1.29, 1.82) is 0 Å². The van der Waals surface area contributed by atoms with Gasteiger partial charge in [0.25, 0.3) is 0 Å². The lowest BCUT2D eigenvalue weighted by molar-refractivity contribution is 0.256. The Kier molecular flexibility index (Phi) is 6.03. The van der Waals surface area contributed by atoms with Crippen LogP contribution >= 0.6 is 0 Å². The normalized spacial score (nSPS) is 14.1. The van der Waals surface area contributed by atoms with Crippen molar-refractivity contribution in [2.24, 2.45) is 5.92 Å². The predicted molar refractivity (Wildman–Crippen MR) is 47.5 cm³/mol. The lowest BCUT2D eigenvalue weighted by atomic mass is 10.1. The van der Waals surface area contributed by atoms with Gasteiger partial charge in [0, 0.05) is 6.61 Å². The van der Waals surface area contributed by atoms with Gasteiger partial charge in [0.15, 0.2) is 0 Å². The Morgan fingerprint density at radius 2 is 2.00 bits per heavy atom. The molecular formula is C8H19OSi. The fraction of sp³-hybridized carbons (Fsp3) is 1.00. The van der Waals surface area contributed by atoms with E-state index in [1.54, 1.807) is 0 Å². The van der Waals surface area contributed by atoms with Gasteiger partial charge >= 0.3 is 0 Å². The SMILES string of the molecule is CCCC(C)CO[Si](C)C. The zero-order chi connectivity index (χ0) is 7.98. The largest absolute Gasteiger partial charge is 0.417 e. The van der Waals surface area contributed by atoms with Crippen LogP contribution in [0.4, 0.5) is 0 Å². The molecule has 0 fully saturated rings. The van der Waals surface area contributed by atoms with E-state index in [0.29, 0.717) is 0 Å². The Hall–Kier alpha value is 0.177. The quantitative estimate of drug-likeness (QED) is 0.560. The molecule has 0 aromatic heterocycles. The molecule has 0 amide bonds. The molecule has 0 saturated heterocycles. The van der Waals surface area contributed by atoms with Gasteiger partial charge < -0.3 is 4.43 Å². The number of hydrogen-bond acceptors (Lipinski definition) is 1. The summed E-state index contributed by atoms with van der Waals surface area (Å²) in [5.41, 5.74) is 0. The maximum atomic E-state index is 5.56. The summed E-state index contributed by atoms with van der Waals surface area (Å²) >= 11 is 0. The minimum Gasteiger partial charge on any atom is -0.417 e. The minimum absolute atomic E-state index is 0.448. The molecular weight excluding hydrogens is 140 g/mol. The predicted octanol–water partition coefficient (Wildman–Crippen LogP) is 2.69. The van der Waals surface area contributed by atoms with E-state index in [1.807, 2.05) is 0 Å². The molecule has 1 unspecified atom stereocenters. The van der Waals surface area contributed by atoms with E-state index in [-0.39, 0.29) is 0 Å². The van der Waals surface area contributed by atoms with Crippen LogP contribution < -0.4 is 0 Å². The molecule has 1 radical (unpaired) electrons. The van der Waals surface area contributed by atoms with E-state index in [1.165, 1.54) is 12.8 Å². The van der Waals surface area contributed by atoms with Crippen molar-refractivity contribution < 1.29 is 4.43 Å². The van der Waals surface area contributed by atoms with Gasteiger partial charge in [-0.15, -0.1) is 0 Å². The first-order valence-corrected chi connectivity index (χ1v) is 6.50. The summed E-state index contributed by atoms with van der Waals surface area (Å²) in [5, 5.41) is 0.